The van der Waals surface area contributed by atoms with Gasteiger partial charge in [0.2, 0.25) is 0 Å². The van der Waals surface area contributed by atoms with Crippen LogP contribution >= 0.6 is 0 Å². The van der Waals surface area contributed by atoms with Crippen LogP contribution in [0.3, 0.4) is 0 Å². The van der Waals surface area contributed by atoms with Crippen molar-refractivity contribution >= 4 is 11.6 Å². The van der Waals surface area contributed by atoms with Crippen molar-refractivity contribution < 1.29 is 9.53 Å². The number of ether oxygens (including phenoxy) is 1. The minimum Gasteiger partial charge on any atom is -0.496 e. The van der Waals surface area contributed by atoms with Crippen molar-refractivity contribution in [3.8, 4) is 5.75 Å². The van der Waals surface area contributed by atoms with Crippen molar-refractivity contribution in [2.24, 2.45) is 0 Å². The highest BCUT2D eigenvalue weighted by Gasteiger charge is 2.16. The van der Waals surface area contributed by atoms with E-state index < -0.39 is 0 Å². The van der Waals surface area contributed by atoms with Gasteiger partial charge in [-0.2, -0.15) is 0 Å². The first-order chi connectivity index (χ1) is 10.4. The number of hydrogen-bond donors (Lipinski definition) is 1. The zero-order valence-corrected chi connectivity index (χ0v) is 13.9. The van der Waals surface area contributed by atoms with Crippen LogP contribution in [0.2, 0.25) is 0 Å². The fourth-order valence-electron chi connectivity index (χ4n) is 2.41. The molecule has 0 bridgehead atoms. The second-order valence-corrected chi connectivity index (χ2v) is 5.88. The third-order valence-corrected chi connectivity index (χ3v) is 3.75. The van der Waals surface area contributed by atoms with E-state index in [9.17, 15) is 4.79 Å². The summed E-state index contributed by atoms with van der Waals surface area (Å²) in [6, 6.07) is 11.7. The van der Waals surface area contributed by atoms with Crippen molar-refractivity contribution in [3.05, 3.63) is 58.7 Å². The maximum atomic E-state index is 12.5. The van der Waals surface area contributed by atoms with E-state index >= 15 is 0 Å². The highest BCUT2D eigenvalue weighted by Crippen LogP contribution is 2.30. The Morgan fingerprint density at radius 1 is 1.09 bits per heavy atom. The third-order valence-electron chi connectivity index (χ3n) is 3.75. The molecule has 0 fully saturated rings. The summed E-state index contributed by atoms with van der Waals surface area (Å²) in [6.45, 7) is 8.13. The Balaban J connectivity index is 2.32. The molecule has 0 saturated carbocycles. The van der Waals surface area contributed by atoms with Gasteiger partial charge in [0.15, 0.2) is 0 Å². The second kappa shape index (κ2) is 6.65. The number of carbonyl (C=O) groups is 1. The molecule has 1 N–H and O–H groups in total. The SMILES string of the molecule is COc1cc(C)c(C(=O)Nc2ccc(C)cc2)cc1C(C)C. The first kappa shape index (κ1) is 16.1. The molecule has 0 spiro atoms. The molecule has 0 atom stereocenters. The number of nitrogens with one attached hydrogen (secondary N) is 1. The largest absolute Gasteiger partial charge is 0.496 e. The van der Waals surface area contributed by atoms with Gasteiger partial charge in [0.1, 0.15) is 5.75 Å². The lowest BCUT2D eigenvalue weighted by molar-refractivity contribution is 0.102. The average molecular weight is 297 g/mol. The predicted molar refractivity (Wildman–Crippen MR) is 91.0 cm³/mol. The number of rotatable bonds is 4. The Kier molecular flexibility index (Phi) is 4.86. The van der Waals surface area contributed by atoms with E-state index in [1.165, 1.54) is 5.56 Å². The van der Waals surface area contributed by atoms with Gasteiger partial charge in [-0.25, -0.2) is 0 Å². The summed E-state index contributed by atoms with van der Waals surface area (Å²) in [5, 5.41) is 2.95. The Bertz CT molecular complexity index is 673. The Morgan fingerprint density at radius 2 is 1.73 bits per heavy atom. The maximum absolute atomic E-state index is 12.5. The molecule has 0 saturated heterocycles. The molecule has 0 aromatic heterocycles. The standard InChI is InChI=1S/C19H23NO2/c1-12(2)16-11-17(14(4)10-18(16)22-5)19(21)20-15-8-6-13(3)7-9-15/h6-12H,1-5H3,(H,20,21). The van der Waals surface area contributed by atoms with Crippen LogP contribution in [0, 0.1) is 13.8 Å². The van der Waals surface area contributed by atoms with Crippen LogP contribution in [0.4, 0.5) is 5.69 Å². The van der Waals surface area contributed by atoms with E-state index in [0.29, 0.717) is 11.5 Å². The molecular formula is C19H23NO2. The van der Waals surface area contributed by atoms with Crippen molar-refractivity contribution in [3.63, 3.8) is 0 Å². The lowest BCUT2D eigenvalue weighted by Gasteiger charge is -2.16. The fourth-order valence-corrected chi connectivity index (χ4v) is 2.41. The second-order valence-electron chi connectivity index (χ2n) is 5.88. The molecule has 0 radical (unpaired) electrons. The van der Waals surface area contributed by atoms with Crippen molar-refractivity contribution in [2.75, 3.05) is 12.4 Å². The first-order valence-electron chi connectivity index (χ1n) is 7.49. The van der Waals surface area contributed by atoms with E-state index in [-0.39, 0.29) is 5.91 Å². The smallest absolute Gasteiger partial charge is 0.255 e. The summed E-state index contributed by atoms with van der Waals surface area (Å²) in [4.78, 5) is 12.5. The molecule has 0 heterocycles. The average Bonchev–Trinajstić information content (AvgIpc) is 2.48. The number of anilines is 1. The molecule has 2 rings (SSSR count). The molecule has 1 amide bonds. The number of benzene rings is 2. The normalized spacial score (nSPS) is 10.6. The zero-order chi connectivity index (χ0) is 16.3. The topological polar surface area (TPSA) is 38.3 Å². The van der Waals surface area contributed by atoms with Crippen LogP contribution in [-0.2, 0) is 0 Å². The van der Waals surface area contributed by atoms with Crippen LogP contribution in [-0.4, -0.2) is 13.0 Å². The highest BCUT2D eigenvalue weighted by atomic mass is 16.5. The summed E-state index contributed by atoms with van der Waals surface area (Å²) in [7, 11) is 1.66. The zero-order valence-electron chi connectivity index (χ0n) is 13.9. The maximum Gasteiger partial charge on any atom is 0.255 e. The molecule has 3 nitrogen and oxygen atoms in total. The van der Waals surface area contributed by atoms with Crippen molar-refractivity contribution in [2.45, 2.75) is 33.6 Å². The van der Waals surface area contributed by atoms with Crippen LogP contribution in [0.5, 0.6) is 5.75 Å². The number of methoxy groups -OCH3 is 1. The molecule has 3 heteroatoms. The Morgan fingerprint density at radius 3 is 2.27 bits per heavy atom. The quantitative estimate of drug-likeness (QED) is 0.889. The molecule has 22 heavy (non-hydrogen) atoms. The lowest BCUT2D eigenvalue weighted by Crippen LogP contribution is -2.14. The fraction of sp³-hybridized carbons (Fsp3) is 0.316. The number of aryl methyl sites for hydroxylation is 2. The van der Waals surface area contributed by atoms with E-state index in [1.807, 2.05) is 50.2 Å². The molecule has 0 aliphatic heterocycles. The van der Waals surface area contributed by atoms with Crippen molar-refractivity contribution in [1.29, 1.82) is 0 Å². The van der Waals surface area contributed by atoms with E-state index in [1.54, 1.807) is 7.11 Å². The molecule has 2 aromatic rings. The van der Waals surface area contributed by atoms with Crippen LogP contribution in [0.25, 0.3) is 0 Å². The van der Waals surface area contributed by atoms with E-state index in [2.05, 4.69) is 19.2 Å². The summed E-state index contributed by atoms with van der Waals surface area (Å²) in [5.41, 5.74) is 4.61. The van der Waals surface area contributed by atoms with E-state index in [0.717, 1.165) is 22.6 Å². The summed E-state index contributed by atoms with van der Waals surface area (Å²) in [6.07, 6.45) is 0. The third kappa shape index (κ3) is 3.48. The van der Waals surface area contributed by atoms with Gasteiger partial charge in [-0.05, 0) is 55.2 Å². The molecule has 2 aromatic carbocycles. The number of carbonyl (C=O) groups excluding carboxylic acids is 1. The van der Waals surface area contributed by atoms with Gasteiger partial charge < -0.3 is 10.1 Å². The van der Waals surface area contributed by atoms with Crippen LogP contribution in [0.15, 0.2) is 36.4 Å². The molecule has 0 aliphatic rings. The summed E-state index contributed by atoms with van der Waals surface area (Å²) < 4.78 is 5.42. The molecule has 116 valence electrons. The van der Waals surface area contributed by atoms with Crippen molar-refractivity contribution in [1.82, 2.24) is 0 Å². The minimum atomic E-state index is -0.0918. The Labute approximate surface area is 132 Å². The van der Waals surface area contributed by atoms with Gasteiger partial charge in [-0.3, -0.25) is 4.79 Å². The molecular weight excluding hydrogens is 274 g/mol. The minimum absolute atomic E-state index is 0.0918. The van der Waals surface area contributed by atoms with Gasteiger partial charge in [0.05, 0.1) is 7.11 Å². The molecule has 0 unspecified atom stereocenters. The predicted octanol–water partition coefficient (Wildman–Crippen LogP) is 4.69. The van der Waals surface area contributed by atoms with Gasteiger partial charge in [0, 0.05) is 11.3 Å². The number of amides is 1. The Hall–Kier alpha value is -2.29. The van der Waals surface area contributed by atoms with Gasteiger partial charge in [-0.15, -0.1) is 0 Å². The number of hydrogen-bond acceptors (Lipinski definition) is 2. The van der Waals surface area contributed by atoms with Gasteiger partial charge >= 0.3 is 0 Å². The van der Waals surface area contributed by atoms with Gasteiger partial charge in [0.25, 0.3) is 5.91 Å². The van der Waals surface area contributed by atoms with Crippen LogP contribution in [0.1, 0.15) is 46.8 Å². The van der Waals surface area contributed by atoms with Crippen LogP contribution < -0.4 is 10.1 Å². The van der Waals surface area contributed by atoms with E-state index in [4.69, 9.17) is 4.74 Å². The lowest BCUT2D eigenvalue weighted by atomic mass is 9.96. The van der Waals surface area contributed by atoms with Gasteiger partial charge in [-0.1, -0.05) is 31.5 Å². The first-order valence-corrected chi connectivity index (χ1v) is 7.49. The highest BCUT2D eigenvalue weighted by molar-refractivity contribution is 6.05. The summed E-state index contributed by atoms with van der Waals surface area (Å²) >= 11 is 0. The molecule has 0 aliphatic carbocycles. The monoisotopic (exact) mass is 297 g/mol. The summed E-state index contributed by atoms with van der Waals surface area (Å²) in [5.74, 6) is 1.03.